The third kappa shape index (κ3) is 8.50. The highest BCUT2D eigenvalue weighted by molar-refractivity contribution is 7.90. The number of benzene rings is 3. The number of aromatic nitrogens is 2. The van der Waals surface area contributed by atoms with Crippen molar-refractivity contribution >= 4 is 50.2 Å². The molecular weight excluding hydrogens is 855 g/mol. The van der Waals surface area contributed by atoms with E-state index in [4.69, 9.17) is 0 Å². The van der Waals surface area contributed by atoms with Gasteiger partial charge in [0.25, 0.3) is 5.91 Å². The molecule has 6 heterocycles. The quantitative estimate of drug-likeness (QED) is 0.108. The molecule has 3 aromatic carbocycles. The van der Waals surface area contributed by atoms with E-state index in [1.807, 2.05) is 18.2 Å². The van der Waals surface area contributed by atoms with Crippen molar-refractivity contribution in [3.8, 4) is 11.1 Å². The van der Waals surface area contributed by atoms with Crippen LogP contribution in [0.25, 0.3) is 22.2 Å². The number of aromatic amines is 1. The molecule has 65 heavy (non-hydrogen) atoms. The Labute approximate surface area is 376 Å². The van der Waals surface area contributed by atoms with Gasteiger partial charge in [-0.2, -0.15) is 12.7 Å². The minimum atomic E-state index is -4.12. The molecule has 1 aliphatic carbocycles. The summed E-state index contributed by atoms with van der Waals surface area (Å²) in [6.07, 6.45) is 8.46. The topological polar surface area (TPSA) is 171 Å². The molecule has 0 spiro atoms. The lowest BCUT2D eigenvalue weighted by Gasteiger charge is -2.38. The molecule has 0 radical (unpaired) electrons. The number of fused-ring (bicyclic) bond motifs is 2. The van der Waals surface area contributed by atoms with E-state index in [0.29, 0.717) is 60.7 Å². The number of hydrogen-bond donors (Lipinski definition) is 4. The maximum absolute atomic E-state index is 15.8. The van der Waals surface area contributed by atoms with Crippen LogP contribution >= 0.6 is 0 Å². The standard InChI is InChI=1S/C48H52F2N8O6S/c1-55(34-7-8-34)65(63,64)54-40-11-10-39(49)43(44(40)50)45(60)38-25-52-46-37(38)23-32(24-51-46)29-2-5-35(6-3-29)57-20-14-28(15-21-57)26-56-18-16-30(17-19-56)31-4-9-36-33(22-31)27-58(48(36)62)41-12-13-42(59)53-47(41)61/h2-6,9-11,22-25,28,30,34,41,47,54,61H,7-8,12-21,26-27H2,1H3,(H,51,52)(H,53,59)/t41-,47?/m0/s1. The lowest BCUT2D eigenvalue weighted by molar-refractivity contribution is -0.129. The Balaban J connectivity index is 0.729. The maximum Gasteiger partial charge on any atom is 0.301 e. The second-order valence-electron chi connectivity index (χ2n) is 18.3. The van der Waals surface area contributed by atoms with Gasteiger partial charge in [-0.05, 0) is 123 Å². The number of aliphatic hydroxyl groups is 1. The second-order valence-corrected chi connectivity index (χ2v) is 20.0. The zero-order valence-corrected chi connectivity index (χ0v) is 36.9. The third-order valence-corrected chi connectivity index (χ3v) is 15.8. The van der Waals surface area contributed by atoms with Gasteiger partial charge in [0.2, 0.25) is 11.7 Å². The number of halogens is 2. The van der Waals surface area contributed by atoms with Gasteiger partial charge in [0.05, 0.1) is 17.3 Å². The lowest BCUT2D eigenvalue weighted by atomic mass is 9.87. The summed E-state index contributed by atoms with van der Waals surface area (Å²) in [4.78, 5) is 52.8. The van der Waals surface area contributed by atoms with E-state index in [1.165, 1.54) is 18.8 Å². The predicted octanol–water partition coefficient (Wildman–Crippen LogP) is 6.14. The molecule has 10 rings (SSSR count). The highest BCUT2D eigenvalue weighted by Crippen LogP contribution is 2.36. The lowest BCUT2D eigenvalue weighted by Crippen LogP contribution is -2.55. The Hall–Kier alpha value is -5.75. The largest absolute Gasteiger partial charge is 0.372 e. The summed E-state index contributed by atoms with van der Waals surface area (Å²) in [5.41, 5.74) is 4.66. The summed E-state index contributed by atoms with van der Waals surface area (Å²) in [7, 11) is -2.72. The minimum Gasteiger partial charge on any atom is -0.372 e. The number of carbonyl (C=O) groups excluding carboxylic acids is 3. The normalized spacial score (nSPS) is 21.3. The molecule has 17 heteroatoms. The Morgan fingerprint density at radius 3 is 2.40 bits per heavy atom. The molecule has 5 aliphatic rings. The van der Waals surface area contributed by atoms with Crippen molar-refractivity contribution in [2.45, 2.75) is 82.1 Å². The van der Waals surface area contributed by atoms with Gasteiger partial charge in [-0.15, -0.1) is 0 Å². The van der Waals surface area contributed by atoms with Crippen molar-refractivity contribution in [1.82, 2.24) is 29.4 Å². The molecule has 340 valence electrons. The van der Waals surface area contributed by atoms with Crippen molar-refractivity contribution in [3.05, 3.63) is 113 Å². The van der Waals surface area contributed by atoms with E-state index in [-0.39, 0.29) is 23.4 Å². The maximum atomic E-state index is 15.8. The average molecular weight is 907 g/mol. The molecule has 14 nitrogen and oxygen atoms in total. The Bertz CT molecular complexity index is 2780. The molecule has 1 saturated carbocycles. The molecule has 1 unspecified atom stereocenters. The van der Waals surface area contributed by atoms with Crippen LogP contribution in [0.2, 0.25) is 0 Å². The van der Waals surface area contributed by atoms with Gasteiger partial charge in [-0.1, -0.05) is 24.3 Å². The van der Waals surface area contributed by atoms with Crippen molar-refractivity contribution in [2.75, 3.05) is 49.4 Å². The van der Waals surface area contributed by atoms with Gasteiger partial charge in [0.1, 0.15) is 17.7 Å². The van der Waals surface area contributed by atoms with Gasteiger partial charge >= 0.3 is 10.2 Å². The van der Waals surface area contributed by atoms with Gasteiger partial charge in [-0.25, -0.2) is 13.8 Å². The highest BCUT2D eigenvalue weighted by atomic mass is 32.2. The van der Waals surface area contributed by atoms with Crippen LogP contribution in [0, 0.1) is 17.6 Å². The molecule has 5 aromatic rings. The van der Waals surface area contributed by atoms with E-state index >= 15 is 8.78 Å². The number of nitrogens with one attached hydrogen (secondary N) is 3. The zero-order chi connectivity index (χ0) is 45.1. The fourth-order valence-electron chi connectivity index (χ4n) is 10.2. The molecular formula is C48H52F2N8O6S. The van der Waals surface area contributed by atoms with Gasteiger partial charge < -0.3 is 30.1 Å². The van der Waals surface area contributed by atoms with Crippen molar-refractivity contribution in [2.24, 2.45) is 5.92 Å². The number of ketones is 1. The monoisotopic (exact) mass is 906 g/mol. The third-order valence-electron chi connectivity index (χ3n) is 14.2. The second kappa shape index (κ2) is 17.2. The van der Waals surface area contributed by atoms with Crippen LogP contribution in [0.5, 0.6) is 0 Å². The molecule has 3 saturated heterocycles. The Morgan fingerprint density at radius 2 is 1.68 bits per heavy atom. The zero-order valence-electron chi connectivity index (χ0n) is 36.1. The molecule has 2 atom stereocenters. The summed E-state index contributed by atoms with van der Waals surface area (Å²) >= 11 is 0. The number of rotatable bonds is 12. The van der Waals surface area contributed by atoms with Crippen LogP contribution in [0.15, 0.2) is 73.1 Å². The van der Waals surface area contributed by atoms with Crippen molar-refractivity contribution in [1.29, 1.82) is 0 Å². The number of aliphatic hydroxyl groups excluding tert-OH is 1. The first kappa shape index (κ1) is 43.2. The first-order valence-electron chi connectivity index (χ1n) is 22.6. The van der Waals surface area contributed by atoms with Crippen molar-refractivity contribution in [3.63, 3.8) is 0 Å². The van der Waals surface area contributed by atoms with E-state index in [0.717, 1.165) is 97.2 Å². The first-order valence-corrected chi connectivity index (χ1v) is 24.0. The molecule has 4 fully saturated rings. The number of carbonyl (C=O) groups is 3. The van der Waals surface area contributed by atoms with Crippen LogP contribution in [0.4, 0.5) is 20.2 Å². The summed E-state index contributed by atoms with van der Waals surface area (Å²) in [5, 5.41) is 13.4. The smallest absolute Gasteiger partial charge is 0.301 e. The molecule has 2 amide bonds. The summed E-state index contributed by atoms with van der Waals surface area (Å²) in [5.74, 6) is -2.57. The number of H-pyrrole nitrogens is 1. The SMILES string of the molecule is CN(C1CC1)S(=O)(=O)Nc1ccc(F)c(C(=O)c2c[nH]c3ncc(-c4ccc(N5CCC(CN6CCC(c7ccc8c(c7)CN([C@H]7CCC(=O)NC7O)C8=O)CC6)CC5)cc4)cc23)c1F. The van der Waals surface area contributed by atoms with E-state index in [1.54, 1.807) is 17.2 Å². The van der Waals surface area contributed by atoms with Gasteiger partial charge in [0, 0.05) is 85.8 Å². The summed E-state index contributed by atoms with van der Waals surface area (Å²) < 4.78 is 59.8. The molecule has 4 aliphatic heterocycles. The molecule has 4 N–H and O–H groups in total. The number of hydrogen-bond acceptors (Lipinski definition) is 9. The number of piperidine rings is 3. The predicted molar refractivity (Wildman–Crippen MR) is 241 cm³/mol. The Kier molecular flexibility index (Phi) is 11.4. The van der Waals surface area contributed by atoms with Crippen LogP contribution in [0.3, 0.4) is 0 Å². The van der Waals surface area contributed by atoms with Crippen LogP contribution < -0.4 is 14.9 Å². The van der Waals surface area contributed by atoms with Crippen LogP contribution in [0.1, 0.15) is 94.7 Å². The summed E-state index contributed by atoms with van der Waals surface area (Å²) in [6.45, 7) is 5.49. The average Bonchev–Trinajstić information content (AvgIpc) is 3.99. The fraction of sp³-hybridized carbons (Fsp3) is 0.417. The van der Waals surface area contributed by atoms with Crippen LogP contribution in [-0.4, -0.2) is 113 Å². The van der Waals surface area contributed by atoms with E-state index < -0.39 is 51.1 Å². The number of pyridine rings is 1. The summed E-state index contributed by atoms with van der Waals surface area (Å²) in [6, 6.07) is 17.4. The van der Waals surface area contributed by atoms with Gasteiger partial charge in [0.15, 0.2) is 5.82 Å². The number of nitrogens with zero attached hydrogens (tertiary/aromatic N) is 5. The van der Waals surface area contributed by atoms with E-state index in [9.17, 15) is 27.9 Å². The highest BCUT2D eigenvalue weighted by Gasteiger charge is 2.40. The van der Waals surface area contributed by atoms with Gasteiger partial charge in [-0.3, -0.25) is 19.1 Å². The number of likely N-dealkylation sites (tertiary alicyclic amines) is 1. The fourth-order valence-corrected chi connectivity index (χ4v) is 11.4. The molecule has 0 bridgehead atoms. The van der Waals surface area contributed by atoms with Crippen molar-refractivity contribution < 1.29 is 36.7 Å². The number of amides is 2. The Morgan fingerprint density at radius 1 is 0.923 bits per heavy atom. The molecule has 2 aromatic heterocycles. The van der Waals surface area contributed by atoms with E-state index in [2.05, 4.69) is 54.1 Å². The first-order chi connectivity index (χ1) is 31.3. The van der Waals surface area contributed by atoms with Crippen LogP contribution in [-0.2, 0) is 21.5 Å². The minimum absolute atomic E-state index is 0.00730. The number of anilines is 2.